The van der Waals surface area contributed by atoms with Gasteiger partial charge in [0.1, 0.15) is 0 Å². The van der Waals surface area contributed by atoms with E-state index in [9.17, 15) is 18.0 Å². The minimum absolute atomic E-state index is 0.0546. The molecule has 4 aliphatic rings. The minimum Gasteiger partial charge on any atom is -0.370 e. The van der Waals surface area contributed by atoms with Crippen LogP contribution in [0.15, 0.2) is 18.2 Å². The van der Waals surface area contributed by atoms with Gasteiger partial charge in [-0.1, -0.05) is 12.8 Å². The third-order valence-electron chi connectivity index (χ3n) is 8.32. The summed E-state index contributed by atoms with van der Waals surface area (Å²) in [7, 11) is 0. The minimum atomic E-state index is -4.59. The second-order valence-corrected chi connectivity index (χ2v) is 10.4. The van der Waals surface area contributed by atoms with Crippen molar-refractivity contribution in [2.45, 2.75) is 69.6 Å². The summed E-state index contributed by atoms with van der Waals surface area (Å²) in [6.07, 6.45) is 4.28. The lowest BCUT2D eigenvalue weighted by atomic mass is 9.70. The summed E-state index contributed by atoms with van der Waals surface area (Å²) in [5, 5.41) is 12.3. The van der Waals surface area contributed by atoms with Gasteiger partial charge in [0.15, 0.2) is 0 Å². The van der Waals surface area contributed by atoms with Gasteiger partial charge in [-0.25, -0.2) is 0 Å². The zero-order chi connectivity index (χ0) is 23.2. The monoisotopic (exact) mass is 460 g/mol. The number of nitriles is 1. The molecule has 2 heterocycles. The standard InChI is InChI=1S/C25H31F3N4O/c26-25(27,28)21-13-20(8-5-17(21)14-29)32-15-22(23(33)30-18-6-7-18)24(16-32)9-11-31(12-10-24)19-3-1-2-4-19/h5,8,13,18-19,22H,1-4,6-7,9-12,15-16H2,(H,30,33). The smallest absolute Gasteiger partial charge is 0.370 e. The second kappa shape index (κ2) is 8.50. The Morgan fingerprint density at radius 1 is 1.12 bits per heavy atom. The van der Waals surface area contributed by atoms with Crippen LogP contribution >= 0.6 is 0 Å². The number of amides is 1. The largest absolute Gasteiger partial charge is 0.417 e. The lowest BCUT2D eigenvalue weighted by Crippen LogP contribution is -2.50. The van der Waals surface area contributed by atoms with Gasteiger partial charge in [0.25, 0.3) is 0 Å². The number of anilines is 1. The molecule has 0 bridgehead atoms. The summed E-state index contributed by atoms with van der Waals surface area (Å²) in [5.41, 5.74) is -1.05. The fraction of sp³-hybridized carbons (Fsp3) is 0.680. The molecule has 4 fully saturated rings. The zero-order valence-electron chi connectivity index (χ0n) is 18.8. The summed E-state index contributed by atoms with van der Waals surface area (Å²) >= 11 is 0. The van der Waals surface area contributed by atoms with E-state index in [4.69, 9.17) is 5.26 Å². The number of nitrogens with one attached hydrogen (secondary N) is 1. The normalized spacial score (nSPS) is 26.0. The fourth-order valence-electron chi connectivity index (χ4n) is 6.23. The predicted molar refractivity (Wildman–Crippen MR) is 119 cm³/mol. The van der Waals surface area contributed by atoms with Crippen molar-refractivity contribution in [3.63, 3.8) is 0 Å². The first-order valence-electron chi connectivity index (χ1n) is 12.2. The number of halogens is 3. The lowest BCUT2D eigenvalue weighted by molar-refractivity contribution is -0.137. The number of likely N-dealkylation sites (tertiary alicyclic amines) is 1. The number of nitrogens with zero attached hydrogens (tertiary/aromatic N) is 3. The van der Waals surface area contributed by atoms with Crippen molar-refractivity contribution in [3.05, 3.63) is 29.3 Å². The van der Waals surface area contributed by atoms with Crippen molar-refractivity contribution >= 4 is 11.6 Å². The van der Waals surface area contributed by atoms with Crippen LogP contribution in [0.1, 0.15) is 62.5 Å². The first-order chi connectivity index (χ1) is 15.8. The van der Waals surface area contributed by atoms with E-state index in [0.717, 1.165) is 44.8 Å². The van der Waals surface area contributed by atoms with Crippen LogP contribution in [0.4, 0.5) is 18.9 Å². The van der Waals surface area contributed by atoms with Crippen LogP contribution < -0.4 is 10.2 Å². The number of rotatable bonds is 4. The van der Waals surface area contributed by atoms with E-state index in [0.29, 0.717) is 24.8 Å². The number of carbonyl (C=O) groups excluding carboxylic acids is 1. The molecule has 5 nitrogen and oxygen atoms in total. The van der Waals surface area contributed by atoms with Crippen molar-refractivity contribution in [1.82, 2.24) is 10.2 Å². The molecule has 0 radical (unpaired) electrons. The Kier molecular flexibility index (Phi) is 5.80. The van der Waals surface area contributed by atoms with Gasteiger partial charge in [0.2, 0.25) is 5.91 Å². The molecule has 1 N–H and O–H groups in total. The molecule has 5 rings (SSSR count). The SMILES string of the molecule is N#Cc1ccc(N2CC(C(=O)NC3CC3)C3(CCN(C4CCCC4)CC3)C2)cc1C(F)(F)F. The molecule has 1 unspecified atom stereocenters. The maximum absolute atomic E-state index is 13.6. The Labute approximate surface area is 192 Å². The second-order valence-electron chi connectivity index (χ2n) is 10.4. The maximum atomic E-state index is 13.6. The summed E-state index contributed by atoms with van der Waals surface area (Å²) < 4.78 is 40.7. The van der Waals surface area contributed by atoms with E-state index < -0.39 is 11.7 Å². The van der Waals surface area contributed by atoms with Crippen LogP contribution in [0, 0.1) is 22.7 Å². The van der Waals surface area contributed by atoms with Crippen LogP contribution in [0.25, 0.3) is 0 Å². The molecule has 2 aliphatic carbocycles. The topological polar surface area (TPSA) is 59.4 Å². The van der Waals surface area contributed by atoms with Crippen molar-refractivity contribution in [2.24, 2.45) is 11.3 Å². The van der Waals surface area contributed by atoms with Crippen molar-refractivity contribution in [1.29, 1.82) is 5.26 Å². The Balaban J connectivity index is 1.39. The summed E-state index contributed by atoms with van der Waals surface area (Å²) in [5.74, 6) is -0.173. The Hall–Kier alpha value is -2.27. The highest BCUT2D eigenvalue weighted by atomic mass is 19.4. The molecule has 2 aliphatic heterocycles. The molecule has 33 heavy (non-hydrogen) atoms. The number of hydrogen-bond donors (Lipinski definition) is 1. The third kappa shape index (κ3) is 4.44. The van der Waals surface area contributed by atoms with E-state index in [1.54, 1.807) is 12.1 Å². The highest BCUT2D eigenvalue weighted by molar-refractivity contribution is 5.82. The van der Waals surface area contributed by atoms with Gasteiger partial charge in [0.05, 0.1) is 23.1 Å². The molecule has 178 valence electrons. The van der Waals surface area contributed by atoms with Crippen molar-refractivity contribution in [3.8, 4) is 6.07 Å². The fourth-order valence-corrected chi connectivity index (χ4v) is 6.23. The molecule has 2 saturated carbocycles. The van der Waals surface area contributed by atoms with Crippen LogP contribution in [0.5, 0.6) is 0 Å². The van der Waals surface area contributed by atoms with E-state index >= 15 is 0 Å². The van der Waals surface area contributed by atoms with Gasteiger partial charge in [-0.05, 0) is 69.8 Å². The maximum Gasteiger partial charge on any atom is 0.417 e. The molecule has 1 spiro atoms. The highest BCUT2D eigenvalue weighted by Gasteiger charge is 2.52. The molecular formula is C25H31F3N4O. The van der Waals surface area contributed by atoms with Crippen molar-refractivity contribution < 1.29 is 18.0 Å². The summed E-state index contributed by atoms with van der Waals surface area (Å²) in [6, 6.07) is 6.49. The molecule has 1 aromatic rings. The third-order valence-corrected chi connectivity index (χ3v) is 8.32. The Bertz CT molecular complexity index is 938. The number of piperidine rings is 1. The zero-order valence-corrected chi connectivity index (χ0v) is 18.8. The number of hydrogen-bond acceptors (Lipinski definition) is 4. The average molecular weight is 461 g/mol. The van der Waals surface area contributed by atoms with E-state index in [-0.39, 0.29) is 28.8 Å². The molecule has 0 aromatic heterocycles. The van der Waals surface area contributed by atoms with Crippen LogP contribution in [0.2, 0.25) is 0 Å². The summed E-state index contributed by atoms with van der Waals surface area (Å²) in [6.45, 7) is 2.91. The van der Waals surface area contributed by atoms with Gasteiger partial charge >= 0.3 is 6.18 Å². The number of benzene rings is 1. The molecule has 1 aromatic carbocycles. The average Bonchev–Trinajstić information content (AvgIpc) is 3.30. The van der Waals surface area contributed by atoms with Crippen LogP contribution in [-0.4, -0.2) is 49.1 Å². The first-order valence-corrected chi connectivity index (χ1v) is 12.2. The van der Waals surface area contributed by atoms with Crippen molar-refractivity contribution in [2.75, 3.05) is 31.1 Å². The van der Waals surface area contributed by atoms with Crippen LogP contribution in [-0.2, 0) is 11.0 Å². The Morgan fingerprint density at radius 2 is 1.82 bits per heavy atom. The predicted octanol–water partition coefficient (Wildman–Crippen LogP) is 4.32. The van der Waals surface area contributed by atoms with E-state index in [2.05, 4.69) is 10.2 Å². The summed E-state index contributed by atoms with van der Waals surface area (Å²) in [4.78, 5) is 17.7. The molecular weight excluding hydrogens is 429 g/mol. The first kappa shape index (κ1) is 22.5. The van der Waals surface area contributed by atoms with E-state index in [1.165, 1.54) is 31.7 Å². The van der Waals surface area contributed by atoms with Gasteiger partial charge in [-0.2, -0.15) is 18.4 Å². The Morgan fingerprint density at radius 3 is 2.42 bits per heavy atom. The van der Waals surface area contributed by atoms with Gasteiger partial charge in [0, 0.05) is 36.3 Å². The van der Waals surface area contributed by atoms with Gasteiger partial charge in [-0.3, -0.25) is 4.79 Å². The molecule has 1 atom stereocenters. The number of alkyl halides is 3. The van der Waals surface area contributed by atoms with Crippen LogP contribution in [0.3, 0.4) is 0 Å². The van der Waals surface area contributed by atoms with Gasteiger partial charge in [-0.15, -0.1) is 0 Å². The molecule has 1 amide bonds. The number of carbonyl (C=O) groups is 1. The lowest BCUT2D eigenvalue weighted by Gasteiger charge is -2.44. The highest BCUT2D eigenvalue weighted by Crippen LogP contribution is 2.48. The van der Waals surface area contributed by atoms with E-state index in [1.807, 2.05) is 4.90 Å². The van der Waals surface area contributed by atoms with Gasteiger partial charge < -0.3 is 15.1 Å². The quantitative estimate of drug-likeness (QED) is 0.727. The molecule has 2 saturated heterocycles. The molecule has 8 heteroatoms.